The summed E-state index contributed by atoms with van der Waals surface area (Å²) in [6, 6.07) is 0. The Balaban J connectivity index is 2.54. The van der Waals surface area contributed by atoms with Gasteiger partial charge in [0, 0.05) is 9.82 Å². The Morgan fingerprint density at radius 1 is 1.06 bits per heavy atom. The van der Waals surface area contributed by atoms with Crippen molar-refractivity contribution in [3.8, 4) is 0 Å². The maximum Gasteiger partial charge on any atom is 0.158 e. The van der Waals surface area contributed by atoms with Gasteiger partial charge in [0.2, 0.25) is 0 Å². The minimum atomic E-state index is -0.321. The lowest BCUT2D eigenvalue weighted by atomic mass is 10.2. The van der Waals surface area contributed by atoms with Crippen molar-refractivity contribution in [2.75, 3.05) is 13.1 Å². The van der Waals surface area contributed by atoms with Crippen molar-refractivity contribution in [1.82, 2.24) is 0 Å². The second kappa shape index (κ2) is 6.92. The highest BCUT2D eigenvalue weighted by atomic mass is 16.7. The van der Waals surface area contributed by atoms with Gasteiger partial charge < -0.3 is 9.47 Å². The van der Waals surface area contributed by atoms with E-state index in [4.69, 9.17) is 20.5 Å². The summed E-state index contributed by atoms with van der Waals surface area (Å²) < 4.78 is 11.1. The van der Waals surface area contributed by atoms with Crippen molar-refractivity contribution in [3.63, 3.8) is 0 Å². The van der Waals surface area contributed by atoms with Gasteiger partial charge in [-0.25, -0.2) is 0 Å². The Morgan fingerprint density at radius 3 is 1.94 bits per heavy atom. The summed E-state index contributed by atoms with van der Waals surface area (Å²) in [5.74, 6) is 0. The van der Waals surface area contributed by atoms with Gasteiger partial charge in [0.25, 0.3) is 0 Å². The van der Waals surface area contributed by atoms with Gasteiger partial charge >= 0.3 is 0 Å². The lowest BCUT2D eigenvalue weighted by molar-refractivity contribution is -0.0687. The average Bonchev–Trinajstić information content (AvgIpc) is 2.66. The zero-order valence-corrected chi connectivity index (χ0v) is 9.06. The van der Waals surface area contributed by atoms with Crippen molar-refractivity contribution in [2.45, 2.75) is 38.3 Å². The van der Waals surface area contributed by atoms with Crippen LogP contribution in [0.15, 0.2) is 10.2 Å². The molecule has 8 nitrogen and oxygen atoms in total. The first-order chi connectivity index (χ1) is 7.81. The smallest absolute Gasteiger partial charge is 0.158 e. The number of rotatable bonds is 6. The zero-order valence-electron chi connectivity index (χ0n) is 9.06. The summed E-state index contributed by atoms with van der Waals surface area (Å²) in [7, 11) is 0. The van der Waals surface area contributed by atoms with E-state index < -0.39 is 0 Å². The van der Waals surface area contributed by atoms with E-state index in [1.807, 2.05) is 6.92 Å². The molecule has 16 heavy (non-hydrogen) atoms. The lowest BCUT2D eigenvalue weighted by Crippen LogP contribution is -2.27. The van der Waals surface area contributed by atoms with Gasteiger partial charge in [-0.2, -0.15) is 0 Å². The van der Waals surface area contributed by atoms with E-state index in [1.165, 1.54) is 0 Å². The summed E-state index contributed by atoms with van der Waals surface area (Å²) >= 11 is 0. The summed E-state index contributed by atoms with van der Waals surface area (Å²) in [6.45, 7) is 2.42. The Labute approximate surface area is 92.8 Å². The van der Waals surface area contributed by atoms with E-state index in [0.717, 1.165) is 12.8 Å². The number of hydrogen-bond acceptors (Lipinski definition) is 4. The average molecular weight is 226 g/mol. The summed E-state index contributed by atoms with van der Waals surface area (Å²) in [5, 5.41) is 6.89. The van der Waals surface area contributed by atoms with Crippen LogP contribution in [0, 0.1) is 0 Å². The molecule has 0 aromatic heterocycles. The number of azide groups is 2. The molecule has 0 aliphatic carbocycles. The fraction of sp³-hybridized carbons (Fsp3) is 1.00. The van der Waals surface area contributed by atoms with Crippen LogP contribution in [0.3, 0.4) is 0 Å². The van der Waals surface area contributed by atoms with Crippen LogP contribution in [-0.2, 0) is 9.47 Å². The Morgan fingerprint density at radius 2 is 1.56 bits per heavy atom. The van der Waals surface area contributed by atoms with Gasteiger partial charge in [-0.15, -0.1) is 0 Å². The molecule has 2 atom stereocenters. The molecule has 0 spiro atoms. The molecule has 0 radical (unpaired) electrons. The molecule has 0 unspecified atom stereocenters. The number of ether oxygens (including phenoxy) is 2. The first kappa shape index (κ1) is 12.6. The fourth-order valence-corrected chi connectivity index (χ4v) is 1.52. The molecular weight excluding hydrogens is 212 g/mol. The lowest BCUT2D eigenvalue weighted by Gasteiger charge is -2.10. The third kappa shape index (κ3) is 3.60. The molecule has 0 aromatic rings. The van der Waals surface area contributed by atoms with E-state index in [0.29, 0.717) is 0 Å². The first-order valence-corrected chi connectivity index (χ1v) is 5.14. The van der Waals surface area contributed by atoms with Gasteiger partial charge in [0.1, 0.15) is 0 Å². The SMILES string of the molecule is CCCC1O[C@H](CN=[N+]=[N-])[C@@H](CN=[N+]=[N-])O1. The van der Waals surface area contributed by atoms with E-state index in [1.54, 1.807) is 0 Å². The number of nitrogens with zero attached hydrogens (tertiary/aromatic N) is 6. The molecule has 1 saturated heterocycles. The molecule has 0 saturated carbocycles. The molecule has 8 heteroatoms. The van der Waals surface area contributed by atoms with Crippen molar-refractivity contribution < 1.29 is 9.47 Å². The second-order valence-corrected chi connectivity index (χ2v) is 3.39. The van der Waals surface area contributed by atoms with Gasteiger partial charge in [0.05, 0.1) is 25.3 Å². The molecule has 0 N–H and O–H groups in total. The fourth-order valence-electron chi connectivity index (χ4n) is 1.52. The molecule has 1 fully saturated rings. The van der Waals surface area contributed by atoms with Crippen LogP contribution in [0.1, 0.15) is 19.8 Å². The zero-order chi connectivity index (χ0) is 11.8. The van der Waals surface area contributed by atoms with Crippen LogP contribution in [0.2, 0.25) is 0 Å². The predicted molar refractivity (Wildman–Crippen MR) is 56.5 cm³/mol. The summed E-state index contributed by atoms with van der Waals surface area (Å²) in [6.07, 6.45) is 0.783. The highest BCUT2D eigenvalue weighted by Gasteiger charge is 2.34. The molecule has 88 valence electrons. The Kier molecular flexibility index (Phi) is 5.45. The minimum absolute atomic E-state index is 0.197. The Bertz CT molecular complexity index is 282. The minimum Gasteiger partial charge on any atom is -0.347 e. The van der Waals surface area contributed by atoms with Crippen molar-refractivity contribution >= 4 is 0 Å². The molecular formula is C8H14N6O2. The monoisotopic (exact) mass is 226 g/mol. The first-order valence-electron chi connectivity index (χ1n) is 5.14. The highest BCUT2D eigenvalue weighted by molar-refractivity contribution is 4.81. The largest absolute Gasteiger partial charge is 0.347 e. The third-order valence-corrected chi connectivity index (χ3v) is 2.24. The number of hydrogen-bond donors (Lipinski definition) is 0. The maximum absolute atomic E-state index is 8.24. The normalized spacial score (nSPS) is 28.2. The van der Waals surface area contributed by atoms with Crippen molar-refractivity contribution in [2.24, 2.45) is 10.2 Å². The van der Waals surface area contributed by atoms with Crippen molar-refractivity contribution in [3.05, 3.63) is 20.9 Å². The van der Waals surface area contributed by atoms with Crippen LogP contribution in [0.25, 0.3) is 20.9 Å². The summed E-state index contributed by atoms with van der Waals surface area (Å²) in [4.78, 5) is 5.34. The van der Waals surface area contributed by atoms with Gasteiger partial charge in [0.15, 0.2) is 6.29 Å². The topological polar surface area (TPSA) is 116 Å². The third-order valence-electron chi connectivity index (χ3n) is 2.24. The van der Waals surface area contributed by atoms with Gasteiger partial charge in [-0.1, -0.05) is 23.6 Å². The van der Waals surface area contributed by atoms with Crippen LogP contribution in [0.4, 0.5) is 0 Å². The van der Waals surface area contributed by atoms with E-state index in [9.17, 15) is 0 Å². The van der Waals surface area contributed by atoms with Crippen molar-refractivity contribution in [1.29, 1.82) is 0 Å². The highest BCUT2D eigenvalue weighted by Crippen LogP contribution is 2.23. The van der Waals surface area contributed by atoms with Crippen LogP contribution in [0.5, 0.6) is 0 Å². The van der Waals surface area contributed by atoms with Gasteiger partial charge in [-0.05, 0) is 17.5 Å². The quantitative estimate of drug-likeness (QED) is 0.393. The van der Waals surface area contributed by atoms with E-state index in [-0.39, 0.29) is 31.6 Å². The molecule has 0 amide bonds. The molecule has 1 aliphatic rings. The Hall–Kier alpha value is -1.46. The van der Waals surface area contributed by atoms with E-state index in [2.05, 4.69) is 20.1 Å². The van der Waals surface area contributed by atoms with Gasteiger partial charge in [-0.3, -0.25) is 0 Å². The standard InChI is InChI=1S/C8H14N6O2/c1-2-3-8-15-6(4-11-13-9)7(16-8)5-12-14-10/h6-8H,2-5H2,1H3/t6-,7-/m1/s1. The molecule has 1 aliphatic heterocycles. The second-order valence-electron chi connectivity index (χ2n) is 3.39. The van der Waals surface area contributed by atoms with Crippen LogP contribution in [-0.4, -0.2) is 31.6 Å². The van der Waals surface area contributed by atoms with Crippen LogP contribution < -0.4 is 0 Å². The molecule has 0 bridgehead atoms. The maximum atomic E-state index is 8.24. The summed E-state index contributed by atoms with van der Waals surface area (Å²) in [5.41, 5.74) is 16.5. The molecule has 0 aromatic carbocycles. The van der Waals surface area contributed by atoms with Crippen LogP contribution >= 0.6 is 0 Å². The van der Waals surface area contributed by atoms with E-state index >= 15 is 0 Å². The molecule has 1 heterocycles. The predicted octanol–water partition coefficient (Wildman–Crippen LogP) is 2.52. The molecule has 1 rings (SSSR count).